The minimum atomic E-state index is -0.842. The monoisotopic (exact) mass is 132 g/mol. The van der Waals surface area contributed by atoms with Crippen molar-refractivity contribution in [2.75, 3.05) is 6.61 Å². The highest BCUT2D eigenvalue weighted by Gasteiger charge is 2.19. The lowest BCUT2D eigenvalue weighted by Gasteiger charge is -1.99. The van der Waals surface area contributed by atoms with E-state index >= 15 is 0 Å². The van der Waals surface area contributed by atoms with Crippen LogP contribution in [0.15, 0.2) is 0 Å². The summed E-state index contributed by atoms with van der Waals surface area (Å²) in [5.41, 5.74) is 0. The zero-order valence-corrected chi connectivity index (χ0v) is 4.87. The molecule has 1 N–H and O–H groups in total. The van der Waals surface area contributed by atoms with Crippen molar-refractivity contribution in [3.63, 3.8) is 0 Å². The maximum Gasteiger partial charge on any atom is 0.306 e. The van der Waals surface area contributed by atoms with Crippen molar-refractivity contribution in [1.82, 2.24) is 0 Å². The molecule has 4 heteroatoms. The van der Waals surface area contributed by atoms with Crippen LogP contribution in [0.25, 0.3) is 0 Å². The van der Waals surface area contributed by atoms with E-state index in [0.29, 0.717) is 13.0 Å². The van der Waals surface area contributed by atoms with Crippen LogP contribution in [0.3, 0.4) is 0 Å². The van der Waals surface area contributed by atoms with Crippen LogP contribution >= 0.6 is 0 Å². The second-order valence-electron chi connectivity index (χ2n) is 1.93. The van der Waals surface area contributed by atoms with Gasteiger partial charge in [0, 0.05) is 6.42 Å². The fourth-order valence-electron chi connectivity index (χ4n) is 0.703. The highest BCUT2D eigenvalue weighted by Crippen LogP contribution is 2.11. The Hall–Kier alpha value is -0.610. The molecule has 1 rings (SSSR count). The fourth-order valence-corrected chi connectivity index (χ4v) is 0.703. The maximum absolute atomic E-state index is 10.0. The van der Waals surface area contributed by atoms with Gasteiger partial charge in [0.25, 0.3) is 0 Å². The molecule has 1 heterocycles. The quantitative estimate of drug-likeness (QED) is 0.544. The van der Waals surface area contributed by atoms with Crippen molar-refractivity contribution in [2.24, 2.45) is 0 Å². The minimum absolute atomic E-state index is 0.0417. The normalized spacial score (nSPS) is 26.4. The Morgan fingerprint density at radius 3 is 3.00 bits per heavy atom. The SMILES string of the molecule is O=C(O)CC1CCOO1. The lowest BCUT2D eigenvalue weighted by atomic mass is 10.2. The lowest BCUT2D eigenvalue weighted by molar-refractivity contribution is -0.274. The van der Waals surface area contributed by atoms with Gasteiger partial charge in [0.15, 0.2) is 0 Å². The second-order valence-corrected chi connectivity index (χ2v) is 1.93. The summed E-state index contributed by atoms with van der Waals surface area (Å²) in [6, 6.07) is 0. The zero-order valence-electron chi connectivity index (χ0n) is 4.87. The molecule has 1 aliphatic rings. The molecule has 0 aromatic heterocycles. The van der Waals surface area contributed by atoms with E-state index in [0.717, 1.165) is 0 Å². The van der Waals surface area contributed by atoms with E-state index in [1.807, 2.05) is 0 Å². The Kier molecular flexibility index (Phi) is 2.02. The average molecular weight is 132 g/mol. The van der Waals surface area contributed by atoms with Crippen molar-refractivity contribution in [3.05, 3.63) is 0 Å². The number of hydrogen-bond donors (Lipinski definition) is 1. The minimum Gasteiger partial charge on any atom is -0.481 e. The van der Waals surface area contributed by atoms with Gasteiger partial charge in [-0.1, -0.05) is 0 Å². The Morgan fingerprint density at radius 2 is 2.56 bits per heavy atom. The van der Waals surface area contributed by atoms with Gasteiger partial charge in [-0.25, -0.2) is 9.78 Å². The third-order valence-electron chi connectivity index (χ3n) is 1.13. The topological polar surface area (TPSA) is 55.8 Å². The van der Waals surface area contributed by atoms with Crippen LogP contribution in [0.2, 0.25) is 0 Å². The summed E-state index contributed by atoms with van der Waals surface area (Å²) in [7, 11) is 0. The van der Waals surface area contributed by atoms with E-state index in [-0.39, 0.29) is 12.5 Å². The highest BCUT2D eigenvalue weighted by atomic mass is 17.2. The summed E-state index contributed by atoms with van der Waals surface area (Å²) in [6.45, 7) is 0.512. The van der Waals surface area contributed by atoms with E-state index < -0.39 is 5.97 Å². The Bertz CT molecular complexity index is 106. The Labute approximate surface area is 52.3 Å². The van der Waals surface area contributed by atoms with Crippen LogP contribution in [-0.2, 0) is 14.6 Å². The first-order valence-corrected chi connectivity index (χ1v) is 2.79. The van der Waals surface area contributed by atoms with E-state index in [2.05, 4.69) is 9.78 Å². The van der Waals surface area contributed by atoms with Crippen molar-refractivity contribution < 1.29 is 19.7 Å². The van der Waals surface area contributed by atoms with Gasteiger partial charge in [0.1, 0.15) is 6.10 Å². The molecule has 0 radical (unpaired) electrons. The first-order chi connectivity index (χ1) is 4.29. The molecule has 0 aliphatic carbocycles. The highest BCUT2D eigenvalue weighted by molar-refractivity contribution is 5.67. The first-order valence-electron chi connectivity index (χ1n) is 2.79. The number of aliphatic carboxylic acids is 1. The molecule has 0 amide bonds. The molecular formula is C5H8O4. The molecule has 52 valence electrons. The molecule has 0 aromatic rings. The second kappa shape index (κ2) is 2.80. The molecule has 0 aromatic carbocycles. The van der Waals surface area contributed by atoms with Gasteiger partial charge in [-0.3, -0.25) is 4.79 Å². The van der Waals surface area contributed by atoms with Crippen LogP contribution in [0.4, 0.5) is 0 Å². The van der Waals surface area contributed by atoms with E-state index in [4.69, 9.17) is 5.11 Å². The number of hydrogen-bond acceptors (Lipinski definition) is 3. The molecule has 4 nitrogen and oxygen atoms in total. The van der Waals surface area contributed by atoms with Crippen LogP contribution in [-0.4, -0.2) is 23.8 Å². The van der Waals surface area contributed by atoms with Gasteiger partial charge in [-0.2, -0.15) is 0 Å². The molecule has 1 saturated heterocycles. The molecule has 1 atom stereocenters. The number of carboxylic acids is 1. The molecule has 1 aliphatic heterocycles. The van der Waals surface area contributed by atoms with Crippen molar-refractivity contribution in [3.8, 4) is 0 Å². The van der Waals surface area contributed by atoms with E-state index in [9.17, 15) is 4.79 Å². The smallest absolute Gasteiger partial charge is 0.306 e. The summed E-state index contributed by atoms with van der Waals surface area (Å²) < 4.78 is 0. The molecule has 1 unspecified atom stereocenters. The zero-order chi connectivity index (χ0) is 6.69. The van der Waals surface area contributed by atoms with E-state index in [1.165, 1.54) is 0 Å². The van der Waals surface area contributed by atoms with Crippen LogP contribution in [0.5, 0.6) is 0 Å². The Morgan fingerprint density at radius 1 is 1.78 bits per heavy atom. The molecular weight excluding hydrogens is 124 g/mol. The predicted molar refractivity (Wildman–Crippen MR) is 27.7 cm³/mol. The van der Waals surface area contributed by atoms with Crippen molar-refractivity contribution in [2.45, 2.75) is 18.9 Å². The molecule has 0 saturated carbocycles. The lowest BCUT2D eigenvalue weighted by Crippen LogP contribution is -2.10. The van der Waals surface area contributed by atoms with Gasteiger partial charge >= 0.3 is 5.97 Å². The third kappa shape index (κ3) is 1.99. The number of carboxylic acid groups (broad SMARTS) is 1. The number of rotatable bonds is 2. The van der Waals surface area contributed by atoms with Gasteiger partial charge < -0.3 is 5.11 Å². The van der Waals surface area contributed by atoms with Crippen LogP contribution in [0.1, 0.15) is 12.8 Å². The van der Waals surface area contributed by atoms with Gasteiger partial charge in [0.05, 0.1) is 13.0 Å². The average Bonchev–Trinajstić information content (AvgIpc) is 2.15. The molecule has 1 fully saturated rings. The fraction of sp³-hybridized carbons (Fsp3) is 0.800. The van der Waals surface area contributed by atoms with Crippen molar-refractivity contribution >= 4 is 5.97 Å². The Balaban J connectivity index is 2.19. The molecule has 9 heavy (non-hydrogen) atoms. The first kappa shape index (κ1) is 6.51. The predicted octanol–water partition coefficient (Wildman–Crippen LogP) is 0.182. The summed E-state index contributed by atoms with van der Waals surface area (Å²) in [6.07, 6.45) is 0.495. The van der Waals surface area contributed by atoms with Gasteiger partial charge in [0.2, 0.25) is 0 Å². The standard InChI is InChI=1S/C5H8O4/c6-5(7)3-4-1-2-8-9-4/h4H,1-3H2,(H,6,7). The van der Waals surface area contributed by atoms with E-state index in [1.54, 1.807) is 0 Å². The molecule has 0 bridgehead atoms. The third-order valence-corrected chi connectivity index (χ3v) is 1.13. The summed E-state index contributed by atoms with van der Waals surface area (Å²) in [4.78, 5) is 19.1. The summed E-state index contributed by atoms with van der Waals surface area (Å²) in [5.74, 6) is -0.842. The van der Waals surface area contributed by atoms with Gasteiger partial charge in [-0.15, -0.1) is 0 Å². The summed E-state index contributed by atoms with van der Waals surface area (Å²) >= 11 is 0. The van der Waals surface area contributed by atoms with Crippen LogP contribution in [0, 0.1) is 0 Å². The number of carbonyl (C=O) groups is 1. The van der Waals surface area contributed by atoms with Gasteiger partial charge in [-0.05, 0) is 0 Å². The largest absolute Gasteiger partial charge is 0.481 e. The summed E-state index contributed by atoms with van der Waals surface area (Å²) in [5, 5.41) is 8.24. The molecule has 0 spiro atoms. The van der Waals surface area contributed by atoms with Crippen LogP contribution < -0.4 is 0 Å². The van der Waals surface area contributed by atoms with Crippen molar-refractivity contribution in [1.29, 1.82) is 0 Å². The maximum atomic E-state index is 10.0.